The van der Waals surface area contributed by atoms with Crippen molar-refractivity contribution in [3.05, 3.63) is 0 Å². The van der Waals surface area contributed by atoms with E-state index in [2.05, 4.69) is 0 Å². The molecule has 0 aliphatic carbocycles. The van der Waals surface area contributed by atoms with E-state index in [1.807, 2.05) is 6.92 Å². The minimum atomic E-state index is -4.12. The van der Waals surface area contributed by atoms with Crippen molar-refractivity contribution in [3.63, 3.8) is 0 Å². The van der Waals surface area contributed by atoms with Gasteiger partial charge in [0, 0.05) is 0 Å². The van der Waals surface area contributed by atoms with E-state index in [9.17, 15) is 13.0 Å². The monoisotopic (exact) mass is 202 g/mol. The van der Waals surface area contributed by atoms with Gasteiger partial charge >= 0.3 is 29.6 Å². The van der Waals surface area contributed by atoms with Crippen LogP contribution in [0.4, 0.5) is 0 Å². The Labute approximate surface area is 97.0 Å². The van der Waals surface area contributed by atoms with Gasteiger partial charge in [0.05, 0.1) is 14.9 Å². The van der Waals surface area contributed by atoms with E-state index in [0.29, 0.717) is 6.42 Å². The summed E-state index contributed by atoms with van der Waals surface area (Å²) in [4.78, 5) is 0. The Morgan fingerprint density at radius 1 is 1.33 bits per heavy atom. The molecule has 0 saturated carbocycles. The average molecular weight is 202 g/mol. The number of hydrogen-bond donors (Lipinski definition) is 0. The Kier molecular flexibility index (Phi) is 7.18. The Morgan fingerprint density at radius 3 is 2.00 bits per heavy atom. The molecule has 0 spiro atoms. The van der Waals surface area contributed by atoms with Crippen LogP contribution in [-0.2, 0) is 10.1 Å². The molecule has 0 radical (unpaired) electrons. The minimum Gasteiger partial charge on any atom is -0.748 e. The van der Waals surface area contributed by atoms with Crippen LogP contribution in [0.3, 0.4) is 0 Å². The van der Waals surface area contributed by atoms with Crippen LogP contribution in [0.5, 0.6) is 0 Å². The molecule has 0 aromatic rings. The first-order valence-electron chi connectivity index (χ1n) is 3.76. The maximum atomic E-state index is 10.6. The van der Waals surface area contributed by atoms with E-state index >= 15 is 0 Å². The molecule has 0 aliphatic heterocycles. The van der Waals surface area contributed by atoms with Gasteiger partial charge in [0.25, 0.3) is 0 Å². The van der Waals surface area contributed by atoms with E-state index in [4.69, 9.17) is 0 Å². The first kappa shape index (κ1) is 15.4. The molecule has 12 heavy (non-hydrogen) atoms. The molecule has 0 aliphatic rings. The fraction of sp³-hybridized carbons (Fsp3) is 1.00. The van der Waals surface area contributed by atoms with Crippen molar-refractivity contribution in [1.82, 2.24) is 0 Å². The molecule has 0 aromatic heterocycles. The van der Waals surface area contributed by atoms with Gasteiger partial charge in [0.15, 0.2) is 0 Å². The summed E-state index contributed by atoms with van der Waals surface area (Å²) in [7, 11) is -4.12. The van der Waals surface area contributed by atoms with Gasteiger partial charge in [0.1, 0.15) is 0 Å². The standard InChI is InChI=1S/C7H16O3S.Na/c1-4-5-6-7(2,3)11(8,9)10;/h4-6H2,1-3H3,(H,8,9,10);/q;+1/p-1. The summed E-state index contributed by atoms with van der Waals surface area (Å²) in [5.74, 6) is 0. The third-order valence-electron chi connectivity index (χ3n) is 1.81. The summed E-state index contributed by atoms with van der Waals surface area (Å²) in [6.45, 7) is 4.92. The van der Waals surface area contributed by atoms with Gasteiger partial charge in [-0.05, 0) is 20.3 Å². The summed E-state index contributed by atoms with van der Waals surface area (Å²) in [6.07, 6.45) is 2.16. The Balaban J connectivity index is 0. The Bertz CT molecular complexity index is 209. The number of hydrogen-bond acceptors (Lipinski definition) is 3. The minimum absolute atomic E-state index is 0. The molecule has 0 aromatic carbocycles. The van der Waals surface area contributed by atoms with Gasteiger partial charge in [-0.2, -0.15) is 0 Å². The van der Waals surface area contributed by atoms with Crippen molar-refractivity contribution < 1.29 is 42.5 Å². The van der Waals surface area contributed by atoms with Gasteiger partial charge in [-0.1, -0.05) is 19.8 Å². The second-order valence-corrected chi connectivity index (χ2v) is 5.33. The molecule has 0 rings (SSSR count). The predicted octanol–water partition coefficient (Wildman–Crippen LogP) is -1.50. The summed E-state index contributed by atoms with van der Waals surface area (Å²) >= 11 is 0. The first-order valence-corrected chi connectivity index (χ1v) is 5.17. The zero-order valence-electron chi connectivity index (χ0n) is 8.25. The molecular formula is C7H15NaO3S. The summed E-state index contributed by atoms with van der Waals surface area (Å²) in [5.41, 5.74) is 0. The molecule has 5 heteroatoms. The zero-order valence-corrected chi connectivity index (χ0v) is 11.1. The van der Waals surface area contributed by atoms with Crippen LogP contribution in [0, 0.1) is 0 Å². The van der Waals surface area contributed by atoms with Crippen molar-refractivity contribution in [2.75, 3.05) is 0 Å². The summed E-state index contributed by atoms with van der Waals surface area (Å²) in [5, 5.41) is 0. The average Bonchev–Trinajstić information content (AvgIpc) is 1.81. The van der Waals surface area contributed by atoms with Crippen molar-refractivity contribution in [2.45, 2.75) is 44.8 Å². The van der Waals surface area contributed by atoms with Crippen LogP contribution in [0.2, 0.25) is 0 Å². The first-order chi connectivity index (χ1) is 4.81. The largest absolute Gasteiger partial charge is 1.00 e. The van der Waals surface area contributed by atoms with Gasteiger partial charge in [0.2, 0.25) is 0 Å². The third-order valence-corrected chi connectivity index (χ3v) is 3.37. The van der Waals surface area contributed by atoms with Gasteiger partial charge in [-0.25, -0.2) is 8.42 Å². The normalized spacial score (nSPS) is 12.3. The van der Waals surface area contributed by atoms with Crippen LogP contribution < -0.4 is 29.6 Å². The van der Waals surface area contributed by atoms with E-state index in [0.717, 1.165) is 12.8 Å². The van der Waals surface area contributed by atoms with Gasteiger partial charge in [-0.15, -0.1) is 0 Å². The molecule has 0 heterocycles. The quantitative estimate of drug-likeness (QED) is 0.412. The molecular weight excluding hydrogens is 187 g/mol. The molecule has 0 amide bonds. The molecule has 0 N–H and O–H groups in total. The predicted molar refractivity (Wildman–Crippen MR) is 43.3 cm³/mol. The molecule has 0 saturated heterocycles. The van der Waals surface area contributed by atoms with Crippen molar-refractivity contribution in [2.24, 2.45) is 0 Å². The molecule has 0 unspecified atom stereocenters. The third kappa shape index (κ3) is 4.82. The van der Waals surface area contributed by atoms with E-state index in [1.165, 1.54) is 13.8 Å². The molecule has 3 nitrogen and oxygen atoms in total. The topological polar surface area (TPSA) is 57.2 Å². The SMILES string of the molecule is CCCCC(C)(C)S(=O)(=O)[O-].[Na+]. The fourth-order valence-corrected chi connectivity index (χ4v) is 1.12. The Morgan fingerprint density at radius 2 is 1.75 bits per heavy atom. The Hall–Kier alpha value is 0.910. The van der Waals surface area contributed by atoms with Crippen molar-refractivity contribution in [1.29, 1.82) is 0 Å². The van der Waals surface area contributed by atoms with Gasteiger partial charge < -0.3 is 4.55 Å². The number of unbranched alkanes of at least 4 members (excludes halogenated alkanes) is 1. The van der Waals surface area contributed by atoms with Crippen LogP contribution in [-0.4, -0.2) is 17.7 Å². The fourth-order valence-electron chi connectivity index (χ4n) is 0.727. The van der Waals surface area contributed by atoms with Crippen LogP contribution in [0.1, 0.15) is 40.0 Å². The van der Waals surface area contributed by atoms with Crippen LogP contribution in [0.15, 0.2) is 0 Å². The second kappa shape index (κ2) is 5.60. The maximum Gasteiger partial charge on any atom is 1.00 e. The van der Waals surface area contributed by atoms with Crippen LogP contribution in [0.25, 0.3) is 0 Å². The second-order valence-electron chi connectivity index (χ2n) is 3.32. The molecule has 0 atom stereocenters. The van der Waals surface area contributed by atoms with Gasteiger partial charge in [-0.3, -0.25) is 0 Å². The zero-order chi connectivity index (χ0) is 9.12. The summed E-state index contributed by atoms with van der Waals surface area (Å²) < 4.78 is 30.7. The summed E-state index contributed by atoms with van der Waals surface area (Å²) in [6, 6.07) is 0. The van der Waals surface area contributed by atoms with Crippen molar-refractivity contribution in [3.8, 4) is 0 Å². The van der Waals surface area contributed by atoms with E-state index in [1.54, 1.807) is 0 Å². The van der Waals surface area contributed by atoms with E-state index < -0.39 is 14.9 Å². The smallest absolute Gasteiger partial charge is 0.748 e. The maximum absolute atomic E-state index is 10.6. The van der Waals surface area contributed by atoms with Crippen molar-refractivity contribution >= 4 is 10.1 Å². The van der Waals surface area contributed by atoms with Crippen LogP contribution >= 0.6 is 0 Å². The molecule has 0 fully saturated rings. The molecule has 0 bridgehead atoms. The molecule has 68 valence electrons. The number of rotatable bonds is 4. The van der Waals surface area contributed by atoms with E-state index in [-0.39, 0.29) is 29.6 Å².